The second kappa shape index (κ2) is 11.0. The van der Waals surface area contributed by atoms with E-state index in [1.165, 1.54) is 97.4 Å². The van der Waals surface area contributed by atoms with Crippen molar-refractivity contribution in [3.05, 3.63) is 182 Å². The van der Waals surface area contributed by atoms with Gasteiger partial charge in [-0.1, -0.05) is 121 Å². The predicted octanol–water partition coefficient (Wildman–Crippen LogP) is 13.6. The number of benzene rings is 8. The van der Waals surface area contributed by atoms with E-state index in [0.29, 0.717) is 0 Å². The maximum Gasteiger partial charge on any atom is 0.0555 e. The number of fused-ring (bicyclic) bond motifs is 10. The molecular formula is C48H30N2S. The van der Waals surface area contributed by atoms with Crippen LogP contribution in [0.3, 0.4) is 0 Å². The summed E-state index contributed by atoms with van der Waals surface area (Å²) in [4.78, 5) is 0. The highest BCUT2D eigenvalue weighted by Crippen LogP contribution is 2.43. The van der Waals surface area contributed by atoms with Crippen molar-refractivity contribution in [3.8, 4) is 33.6 Å². The highest BCUT2D eigenvalue weighted by molar-refractivity contribution is 7.26. The molecule has 0 unspecified atom stereocenters. The SMILES string of the molecule is c1ccc(-n2c3ccccc3c3cc(-c4ccc(-c5cccc(-n6c7ccccc7c7c8sc9ccccc9c8ccc76)c5)cc4)ccc32)cc1. The lowest BCUT2D eigenvalue weighted by Crippen LogP contribution is -1.94. The minimum absolute atomic E-state index is 1.17. The van der Waals surface area contributed by atoms with Gasteiger partial charge in [0, 0.05) is 53.1 Å². The van der Waals surface area contributed by atoms with E-state index in [1.807, 2.05) is 11.3 Å². The number of para-hydroxylation sites is 3. The summed E-state index contributed by atoms with van der Waals surface area (Å²) in [6.45, 7) is 0. The van der Waals surface area contributed by atoms with Crippen molar-refractivity contribution < 1.29 is 0 Å². The van der Waals surface area contributed by atoms with Gasteiger partial charge in [-0.25, -0.2) is 0 Å². The third kappa shape index (κ3) is 4.29. The number of hydrogen-bond acceptors (Lipinski definition) is 1. The van der Waals surface area contributed by atoms with Crippen LogP contribution in [0.15, 0.2) is 182 Å². The van der Waals surface area contributed by atoms with E-state index in [9.17, 15) is 0 Å². The van der Waals surface area contributed by atoms with Crippen LogP contribution in [-0.4, -0.2) is 9.13 Å². The fourth-order valence-corrected chi connectivity index (χ4v) is 9.46. The monoisotopic (exact) mass is 666 g/mol. The van der Waals surface area contributed by atoms with Gasteiger partial charge in [0.2, 0.25) is 0 Å². The van der Waals surface area contributed by atoms with E-state index >= 15 is 0 Å². The van der Waals surface area contributed by atoms with Crippen molar-refractivity contribution in [1.29, 1.82) is 0 Å². The van der Waals surface area contributed by atoms with Crippen LogP contribution in [0.4, 0.5) is 0 Å². The van der Waals surface area contributed by atoms with Crippen LogP contribution < -0.4 is 0 Å². The standard InChI is InChI=1S/C48H30N2S/c1-2-12-35(13-3-1)49-42-18-7-4-15-37(42)41-30-34(25-27-44(41)49)32-23-21-31(22-24-32)33-11-10-14-36(29-33)50-43-19-8-5-17-40(43)47-45(50)28-26-39-38-16-6-9-20-46(38)51-48(39)47/h1-30H. The smallest absolute Gasteiger partial charge is 0.0555 e. The molecule has 0 N–H and O–H groups in total. The van der Waals surface area contributed by atoms with Gasteiger partial charge in [0.1, 0.15) is 0 Å². The lowest BCUT2D eigenvalue weighted by Gasteiger charge is -2.11. The number of aromatic nitrogens is 2. The van der Waals surface area contributed by atoms with Gasteiger partial charge in [-0.05, 0) is 82.9 Å². The number of rotatable bonds is 4. The Kier molecular flexibility index (Phi) is 6.16. The Hall–Kier alpha value is -6.42. The van der Waals surface area contributed by atoms with Gasteiger partial charge >= 0.3 is 0 Å². The van der Waals surface area contributed by atoms with Crippen molar-refractivity contribution in [3.63, 3.8) is 0 Å². The second-order valence-electron chi connectivity index (χ2n) is 13.3. The van der Waals surface area contributed by atoms with Crippen LogP contribution in [0.25, 0.3) is 97.4 Å². The summed E-state index contributed by atoms with van der Waals surface area (Å²) < 4.78 is 7.50. The van der Waals surface area contributed by atoms with E-state index in [-0.39, 0.29) is 0 Å². The number of thiophene rings is 1. The average molecular weight is 667 g/mol. The van der Waals surface area contributed by atoms with Gasteiger partial charge in [-0.15, -0.1) is 11.3 Å². The Balaban J connectivity index is 1.00. The molecule has 0 bridgehead atoms. The molecule has 0 aliphatic heterocycles. The summed E-state index contributed by atoms with van der Waals surface area (Å²) >= 11 is 1.90. The van der Waals surface area contributed by atoms with Crippen molar-refractivity contribution in [2.45, 2.75) is 0 Å². The van der Waals surface area contributed by atoms with E-state index in [0.717, 1.165) is 0 Å². The summed E-state index contributed by atoms with van der Waals surface area (Å²) in [5.41, 5.74) is 12.1. The Labute approximate surface area is 298 Å². The summed E-state index contributed by atoms with van der Waals surface area (Å²) in [5.74, 6) is 0. The number of hydrogen-bond donors (Lipinski definition) is 0. The summed E-state index contributed by atoms with van der Waals surface area (Å²) in [6.07, 6.45) is 0. The quantitative estimate of drug-likeness (QED) is 0.177. The molecule has 0 aliphatic carbocycles. The first-order valence-corrected chi connectivity index (χ1v) is 18.3. The Morgan fingerprint density at radius 3 is 1.69 bits per heavy atom. The Morgan fingerprint density at radius 1 is 0.314 bits per heavy atom. The first kappa shape index (κ1) is 28.4. The molecule has 3 heteroatoms. The summed E-state index contributed by atoms with van der Waals surface area (Å²) in [5, 5.41) is 7.83. The third-order valence-corrected chi connectivity index (χ3v) is 11.7. The number of nitrogens with zero attached hydrogens (tertiary/aromatic N) is 2. The lowest BCUT2D eigenvalue weighted by atomic mass is 9.99. The van der Waals surface area contributed by atoms with Gasteiger partial charge in [-0.2, -0.15) is 0 Å². The zero-order valence-corrected chi connectivity index (χ0v) is 28.4. The molecule has 3 aromatic heterocycles. The van der Waals surface area contributed by atoms with E-state index in [4.69, 9.17) is 0 Å². The van der Waals surface area contributed by atoms with Gasteiger partial charge < -0.3 is 9.13 Å². The van der Waals surface area contributed by atoms with E-state index < -0.39 is 0 Å². The van der Waals surface area contributed by atoms with Gasteiger partial charge in [0.05, 0.1) is 22.1 Å². The first-order chi connectivity index (χ1) is 25.3. The molecule has 2 nitrogen and oxygen atoms in total. The Morgan fingerprint density at radius 2 is 0.882 bits per heavy atom. The molecule has 0 atom stereocenters. The van der Waals surface area contributed by atoms with E-state index in [2.05, 4.69) is 191 Å². The van der Waals surface area contributed by atoms with E-state index in [1.54, 1.807) is 0 Å². The Bertz CT molecular complexity index is 3120. The maximum absolute atomic E-state index is 2.44. The minimum atomic E-state index is 1.17. The van der Waals surface area contributed by atoms with Crippen LogP contribution in [0, 0.1) is 0 Å². The fraction of sp³-hybridized carbons (Fsp3) is 0. The van der Waals surface area contributed by atoms with Crippen molar-refractivity contribution >= 4 is 75.1 Å². The molecule has 0 amide bonds. The van der Waals surface area contributed by atoms with Gasteiger partial charge in [-0.3, -0.25) is 0 Å². The van der Waals surface area contributed by atoms with Crippen molar-refractivity contribution in [1.82, 2.24) is 9.13 Å². The lowest BCUT2D eigenvalue weighted by molar-refractivity contribution is 1.18. The zero-order chi connectivity index (χ0) is 33.5. The van der Waals surface area contributed by atoms with Crippen LogP contribution in [0.2, 0.25) is 0 Å². The minimum Gasteiger partial charge on any atom is -0.309 e. The molecule has 3 heterocycles. The molecule has 0 aliphatic rings. The van der Waals surface area contributed by atoms with Crippen molar-refractivity contribution in [2.24, 2.45) is 0 Å². The summed E-state index contributed by atoms with van der Waals surface area (Å²) in [6, 6.07) is 66.5. The fourth-order valence-electron chi connectivity index (χ4n) is 8.20. The van der Waals surface area contributed by atoms with Gasteiger partial charge in [0.15, 0.2) is 0 Å². The molecule has 0 saturated carbocycles. The largest absolute Gasteiger partial charge is 0.309 e. The van der Waals surface area contributed by atoms with Crippen LogP contribution >= 0.6 is 11.3 Å². The topological polar surface area (TPSA) is 9.86 Å². The van der Waals surface area contributed by atoms with Crippen LogP contribution in [-0.2, 0) is 0 Å². The second-order valence-corrected chi connectivity index (χ2v) is 14.4. The van der Waals surface area contributed by atoms with Crippen molar-refractivity contribution in [2.75, 3.05) is 0 Å². The highest BCUT2D eigenvalue weighted by atomic mass is 32.1. The molecule has 0 radical (unpaired) electrons. The average Bonchev–Trinajstić information content (AvgIpc) is 3.86. The van der Waals surface area contributed by atoms with Crippen LogP contribution in [0.1, 0.15) is 0 Å². The zero-order valence-electron chi connectivity index (χ0n) is 27.6. The third-order valence-electron chi connectivity index (χ3n) is 10.5. The first-order valence-electron chi connectivity index (χ1n) is 17.4. The molecule has 0 fully saturated rings. The molecule has 51 heavy (non-hydrogen) atoms. The summed E-state index contributed by atoms with van der Waals surface area (Å²) in [7, 11) is 0. The molecule has 11 aromatic rings. The highest BCUT2D eigenvalue weighted by Gasteiger charge is 2.18. The maximum atomic E-state index is 2.44. The molecule has 0 saturated heterocycles. The van der Waals surface area contributed by atoms with Gasteiger partial charge in [0.25, 0.3) is 0 Å². The molecule has 8 aromatic carbocycles. The molecule has 0 spiro atoms. The molecule has 238 valence electrons. The van der Waals surface area contributed by atoms with Crippen LogP contribution in [0.5, 0.6) is 0 Å². The molecule has 11 rings (SSSR count). The normalized spacial score (nSPS) is 11.9. The predicted molar refractivity (Wildman–Crippen MR) is 219 cm³/mol. The molecular weight excluding hydrogens is 637 g/mol.